The van der Waals surface area contributed by atoms with Gasteiger partial charge in [0.1, 0.15) is 6.04 Å². The number of nitrogens with one attached hydrogen (secondary N) is 2. The van der Waals surface area contributed by atoms with Gasteiger partial charge in [0, 0.05) is 32.6 Å². The summed E-state index contributed by atoms with van der Waals surface area (Å²) in [7, 11) is 0. The van der Waals surface area contributed by atoms with Crippen molar-refractivity contribution in [2.24, 2.45) is 0 Å². The van der Waals surface area contributed by atoms with Gasteiger partial charge in [0.25, 0.3) is 5.56 Å². The highest BCUT2D eigenvalue weighted by Gasteiger charge is 2.52. The van der Waals surface area contributed by atoms with Crippen molar-refractivity contribution < 1.29 is 32.3 Å². The molecule has 2 aromatic rings. The molecule has 12 nitrogen and oxygen atoms in total. The van der Waals surface area contributed by atoms with E-state index in [0.717, 1.165) is 4.57 Å². The van der Waals surface area contributed by atoms with E-state index < -0.39 is 47.5 Å². The Morgan fingerprint density at radius 3 is 2.46 bits per heavy atom. The van der Waals surface area contributed by atoms with Gasteiger partial charge in [-0.15, -0.1) is 5.06 Å². The van der Waals surface area contributed by atoms with Crippen molar-refractivity contribution in [3.05, 3.63) is 50.1 Å². The van der Waals surface area contributed by atoms with E-state index in [2.05, 4.69) is 10.3 Å². The summed E-state index contributed by atoms with van der Waals surface area (Å²) >= 11 is 6.44. The van der Waals surface area contributed by atoms with Gasteiger partial charge in [-0.25, -0.2) is 14.4 Å². The van der Waals surface area contributed by atoms with E-state index in [1.807, 2.05) is 0 Å². The van der Waals surface area contributed by atoms with Gasteiger partial charge < -0.3 is 14.9 Å². The number of aromatic amines is 1. The van der Waals surface area contributed by atoms with Crippen molar-refractivity contribution in [2.75, 3.05) is 42.7 Å². The number of carbonyl (C=O) groups is 2. The minimum atomic E-state index is -5.40. The molecule has 2 unspecified atom stereocenters. The maximum Gasteiger partial charge on any atom is 0.493 e. The molecule has 0 spiro atoms. The summed E-state index contributed by atoms with van der Waals surface area (Å²) < 4.78 is 45.9. The molecule has 198 valence electrons. The molecule has 1 aromatic heterocycles. The van der Waals surface area contributed by atoms with Crippen LogP contribution in [-0.4, -0.2) is 71.6 Å². The number of hydrogen-bond acceptors (Lipinski definition) is 10. The van der Waals surface area contributed by atoms with Crippen LogP contribution in [0.5, 0.6) is 0 Å². The Hall–Kier alpha value is -3.56. The van der Waals surface area contributed by atoms with Crippen LogP contribution in [0.2, 0.25) is 5.02 Å². The molecule has 0 radical (unpaired) electrons. The van der Waals surface area contributed by atoms with Crippen LogP contribution in [0.4, 0.5) is 30.4 Å². The largest absolute Gasteiger partial charge is 0.493 e. The quantitative estimate of drug-likeness (QED) is 0.534. The predicted octanol–water partition coefficient (Wildman–Crippen LogP) is 0.845. The summed E-state index contributed by atoms with van der Waals surface area (Å²) in [6.45, 7) is 1.35. The molecule has 0 saturated carbocycles. The molecule has 16 heteroatoms. The van der Waals surface area contributed by atoms with Gasteiger partial charge in [0.2, 0.25) is 6.29 Å². The van der Waals surface area contributed by atoms with Gasteiger partial charge in [-0.1, -0.05) is 23.7 Å². The van der Waals surface area contributed by atoms with Crippen LogP contribution in [0, 0.1) is 0 Å². The maximum atomic E-state index is 13.4. The molecular formula is C21H20ClF3N6O6. The van der Waals surface area contributed by atoms with Crippen LogP contribution < -0.4 is 26.5 Å². The van der Waals surface area contributed by atoms with Crippen LogP contribution in [-0.2, 0) is 19.2 Å². The van der Waals surface area contributed by atoms with E-state index in [0.29, 0.717) is 18.2 Å². The molecule has 5 rings (SSSR count). The summed E-state index contributed by atoms with van der Waals surface area (Å²) in [6.07, 6.45) is -6.75. The second-order valence-corrected chi connectivity index (χ2v) is 8.84. The average Bonchev–Trinajstić information content (AvgIpc) is 3.41. The number of ether oxygens (including phenoxy) is 1. The number of halogens is 4. The molecule has 1 aromatic carbocycles. The van der Waals surface area contributed by atoms with E-state index in [1.165, 1.54) is 17.0 Å². The fraction of sp³-hybridized carbons (Fsp3) is 0.429. The number of hydrogen-bond donors (Lipinski definition) is 2. The van der Waals surface area contributed by atoms with Crippen molar-refractivity contribution in [1.82, 2.24) is 19.8 Å². The predicted molar refractivity (Wildman–Crippen MR) is 122 cm³/mol. The molecule has 37 heavy (non-hydrogen) atoms. The topological polar surface area (TPSA) is 129 Å². The minimum Gasteiger partial charge on any atom is -0.464 e. The highest BCUT2D eigenvalue weighted by Crippen LogP contribution is 2.46. The lowest BCUT2D eigenvalue weighted by Gasteiger charge is -2.41. The molecule has 0 bridgehead atoms. The van der Waals surface area contributed by atoms with Crippen LogP contribution in [0.1, 0.15) is 12.5 Å². The van der Waals surface area contributed by atoms with Crippen molar-refractivity contribution in [3.63, 3.8) is 0 Å². The lowest BCUT2D eigenvalue weighted by atomic mass is 10.2. The number of esters is 1. The van der Waals surface area contributed by atoms with Crippen LogP contribution >= 0.6 is 11.6 Å². The number of fused-ring (bicyclic) bond motifs is 1. The molecule has 0 amide bonds. The Balaban J connectivity index is 1.80. The zero-order valence-corrected chi connectivity index (χ0v) is 19.7. The van der Waals surface area contributed by atoms with E-state index in [9.17, 15) is 32.3 Å². The van der Waals surface area contributed by atoms with E-state index in [1.54, 1.807) is 17.0 Å². The molecule has 4 heterocycles. The first-order chi connectivity index (χ1) is 17.6. The Kier molecular flexibility index (Phi) is 6.37. The zero-order chi connectivity index (χ0) is 26.5. The number of cyclic esters (lactones) is 1. The first kappa shape index (κ1) is 25.1. The van der Waals surface area contributed by atoms with Gasteiger partial charge in [-0.05, 0) is 12.1 Å². The Morgan fingerprint density at radius 2 is 1.84 bits per heavy atom. The Bertz CT molecular complexity index is 1360. The van der Waals surface area contributed by atoms with Gasteiger partial charge in [0.15, 0.2) is 11.5 Å². The lowest BCUT2D eigenvalue weighted by Crippen LogP contribution is -2.60. The van der Waals surface area contributed by atoms with E-state index in [-0.39, 0.29) is 42.5 Å². The van der Waals surface area contributed by atoms with Crippen molar-refractivity contribution in [1.29, 1.82) is 0 Å². The number of benzene rings is 1. The normalized spacial score (nSPS) is 22.2. The number of carbonyl (C=O) groups excluding carboxylic acids is 2. The van der Waals surface area contributed by atoms with E-state index >= 15 is 0 Å². The third-order valence-corrected chi connectivity index (χ3v) is 6.53. The Labute approximate surface area is 211 Å². The number of H-pyrrole nitrogens is 1. The number of piperazine rings is 1. The standard InChI is InChI=1S/C21H20ClF3N6O6/c22-11-3-1-2-4-12(11)29-14-15(32)27-19(35)30(13-5-10-36-17(13)33)16(14)31(37-18(34)21(23,24)25)20(29)28-8-6-26-7-9-28/h1-4,13,20,26H,5-10H2,(H,27,32,35). The van der Waals surface area contributed by atoms with Gasteiger partial charge in [-0.2, -0.15) is 13.2 Å². The highest BCUT2D eigenvalue weighted by molar-refractivity contribution is 6.33. The molecule has 3 aliphatic rings. The van der Waals surface area contributed by atoms with Crippen LogP contribution in [0.25, 0.3) is 0 Å². The van der Waals surface area contributed by atoms with Crippen molar-refractivity contribution in [3.8, 4) is 0 Å². The summed E-state index contributed by atoms with van der Waals surface area (Å²) in [5.74, 6) is -3.90. The van der Waals surface area contributed by atoms with Gasteiger partial charge >= 0.3 is 23.8 Å². The third-order valence-electron chi connectivity index (χ3n) is 6.21. The fourth-order valence-corrected chi connectivity index (χ4v) is 4.87. The van der Waals surface area contributed by atoms with Crippen LogP contribution in [0.15, 0.2) is 33.9 Å². The first-order valence-electron chi connectivity index (χ1n) is 11.2. The first-order valence-corrected chi connectivity index (χ1v) is 11.6. The van der Waals surface area contributed by atoms with Crippen molar-refractivity contribution >= 4 is 40.7 Å². The molecule has 2 atom stereocenters. The molecule has 0 aliphatic carbocycles. The zero-order valence-electron chi connectivity index (χ0n) is 19.0. The molecule has 3 aliphatic heterocycles. The summed E-state index contributed by atoms with van der Waals surface area (Å²) in [6, 6.07) is 4.96. The number of alkyl halides is 3. The number of anilines is 3. The number of rotatable bonds is 4. The minimum absolute atomic E-state index is 0.00265. The molecule has 2 saturated heterocycles. The maximum absolute atomic E-state index is 13.4. The number of nitrogens with zero attached hydrogens (tertiary/aromatic N) is 4. The third kappa shape index (κ3) is 4.32. The average molecular weight is 545 g/mol. The summed E-state index contributed by atoms with van der Waals surface area (Å²) in [5.41, 5.74) is -2.19. The molecule has 2 N–H and O–H groups in total. The summed E-state index contributed by atoms with van der Waals surface area (Å²) in [5, 5.41) is 3.80. The number of para-hydroxylation sites is 1. The number of aromatic nitrogens is 2. The lowest BCUT2D eigenvalue weighted by molar-refractivity contribution is -0.203. The smallest absolute Gasteiger partial charge is 0.464 e. The SMILES string of the molecule is O=C1OCCC1n1c2c(c(=O)[nH]c1=O)N(c1ccccc1Cl)C(N1CCNCC1)N2OC(=O)C(F)(F)F. The number of hydroxylamine groups is 1. The highest BCUT2D eigenvalue weighted by atomic mass is 35.5. The fourth-order valence-electron chi connectivity index (χ4n) is 4.64. The van der Waals surface area contributed by atoms with E-state index in [4.69, 9.17) is 21.2 Å². The van der Waals surface area contributed by atoms with Gasteiger partial charge in [-0.3, -0.25) is 24.1 Å². The monoisotopic (exact) mass is 544 g/mol. The second-order valence-electron chi connectivity index (χ2n) is 8.43. The van der Waals surface area contributed by atoms with Crippen LogP contribution in [0.3, 0.4) is 0 Å². The van der Waals surface area contributed by atoms with Gasteiger partial charge in [0.05, 0.1) is 17.3 Å². The second kappa shape index (κ2) is 9.39. The van der Waals surface area contributed by atoms with Crippen molar-refractivity contribution in [2.45, 2.75) is 24.9 Å². The molecular weight excluding hydrogens is 525 g/mol. The molecule has 2 fully saturated rings. The Morgan fingerprint density at radius 1 is 1.14 bits per heavy atom. The summed E-state index contributed by atoms with van der Waals surface area (Å²) in [4.78, 5) is 60.7.